The van der Waals surface area contributed by atoms with Crippen LogP contribution in [0.5, 0.6) is 5.75 Å². The zero-order chi connectivity index (χ0) is 19.4. The minimum absolute atomic E-state index is 0.00716. The molecule has 1 atom stereocenters. The third-order valence-electron chi connectivity index (χ3n) is 3.90. The zero-order valence-electron chi connectivity index (χ0n) is 14.8. The molecular formula is C19H18FN3O3S. The first kappa shape index (κ1) is 18.9. The van der Waals surface area contributed by atoms with E-state index < -0.39 is 11.1 Å². The van der Waals surface area contributed by atoms with E-state index >= 15 is 0 Å². The van der Waals surface area contributed by atoms with Crippen molar-refractivity contribution in [2.75, 3.05) is 19.5 Å². The van der Waals surface area contributed by atoms with Crippen molar-refractivity contribution in [2.24, 2.45) is 4.99 Å². The third-order valence-corrected chi connectivity index (χ3v) is 5.13. The summed E-state index contributed by atoms with van der Waals surface area (Å²) in [6, 6.07) is 12.8. The highest BCUT2D eigenvalue weighted by atomic mass is 32.2. The van der Waals surface area contributed by atoms with E-state index in [-0.39, 0.29) is 18.2 Å². The summed E-state index contributed by atoms with van der Waals surface area (Å²) in [6.07, 6.45) is 0.00716. The van der Waals surface area contributed by atoms with Gasteiger partial charge in [0.05, 0.1) is 12.8 Å². The Bertz CT molecular complexity index is 903. The van der Waals surface area contributed by atoms with E-state index in [9.17, 15) is 14.0 Å². The first-order valence-electron chi connectivity index (χ1n) is 8.18. The maximum absolute atomic E-state index is 13.3. The van der Waals surface area contributed by atoms with E-state index in [1.807, 2.05) is 0 Å². The highest BCUT2D eigenvalue weighted by molar-refractivity contribution is 8.15. The van der Waals surface area contributed by atoms with Crippen LogP contribution in [0.2, 0.25) is 0 Å². The quantitative estimate of drug-likeness (QED) is 0.853. The molecule has 1 heterocycles. The Hall–Kier alpha value is -2.87. The summed E-state index contributed by atoms with van der Waals surface area (Å²) >= 11 is 1.19. The molecule has 0 spiro atoms. The van der Waals surface area contributed by atoms with Crippen molar-refractivity contribution < 1.29 is 18.7 Å². The summed E-state index contributed by atoms with van der Waals surface area (Å²) in [5, 5.41) is 2.62. The van der Waals surface area contributed by atoms with E-state index in [1.165, 1.54) is 28.8 Å². The van der Waals surface area contributed by atoms with Crippen LogP contribution in [0.1, 0.15) is 6.42 Å². The molecule has 0 radical (unpaired) electrons. The van der Waals surface area contributed by atoms with E-state index in [0.717, 1.165) is 0 Å². The minimum atomic E-state index is -0.576. The number of aliphatic imine (C=N–C) groups is 1. The van der Waals surface area contributed by atoms with Gasteiger partial charge in [0.1, 0.15) is 16.8 Å². The van der Waals surface area contributed by atoms with Crippen LogP contribution in [0.25, 0.3) is 0 Å². The molecule has 3 rings (SSSR count). The predicted octanol–water partition coefficient (Wildman–Crippen LogP) is 3.42. The second kappa shape index (κ2) is 8.22. The number of anilines is 1. The van der Waals surface area contributed by atoms with Crippen LogP contribution in [0.15, 0.2) is 53.5 Å². The van der Waals surface area contributed by atoms with E-state index in [1.54, 1.807) is 50.6 Å². The third kappa shape index (κ3) is 4.65. The molecule has 2 aromatic carbocycles. The Labute approximate surface area is 160 Å². The average Bonchev–Trinajstić information content (AvgIpc) is 2.89. The Morgan fingerprint density at radius 1 is 1.30 bits per heavy atom. The van der Waals surface area contributed by atoms with Crippen LogP contribution in [0.4, 0.5) is 15.8 Å². The van der Waals surface area contributed by atoms with Gasteiger partial charge in [-0.15, -0.1) is 0 Å². The monoisotopic (exact) mass is 387 g/mol. The van der Waals surface area contributed by atoms with Gasteiger partial charge < -0.3 is 10.1 Å². The lowest BCUT2D eigenvalue weighted by atomic mass is 10.2. The van der Waals surface area contributed by atoms with Crippen molar-refractivity contribution in [3.8, 4) is 5.75 Å². The molecule has 2 amide bonds. The first-order valence-corrected chi connectivity index (χ1v) is 9.06. The number of hydrogen-bond acceptors (Lipinski definition) is 5. The van der Waals surface area contributed by atoms with Gasteiger partial charge >= 0.3 is 0 Å². The first-order chi connectivity index (χ1) is 13.0. The second-order valence-electron chi connectivity index (χ2n) is 5.86. The number of amidine groups is 1. The molecule has 1 unspecified atom stereocenters. The summed E-state index contributed by atoms with van der Waals surface area (Å²) in [5.41, 5.74) is 1.01. The number of amides is 2. The van der Waals surface area contributed by atoms with Crippen molar-refractivity contribution in [3.05, 3.63) is 54.3 Å². The van der Waals surface area contributed by atoms with Gasteiger partial charge in [0.15, 0.2) is 5.17 Å². The summed E-state index contributed by atoms with van der Waals surface area (Å²) in [7, 11) is 3.14. The Balaban J connectivity index is 1.66. The molecule has 1 N–H and O–H groups in total. The molecule has 140 valence electrons. The van der Waals surface area contributed by atoms with Crippen LogP contribution in [0.3, 0.4) is 0 Å². The summed E-state index contributed by atoms with van der Waals surface area (Å²) in [4.78, 5) is 30.4. The number of methoxy groups -OCH3 is 1. The number of nitrogens with one attached hydrogen (secondary N) is 1. The number of ether oxygens (including phenoxy) is 1. The smallest absolute Gasteiger partial charge is 0.242 e. The van der Waals surface area contributed by atoms with Gasteiger partial charge in [-0.05, 0) is 30.3 Å². The molecule has 1 saturated heterocycles. The average molecular weight is 387 g/mol. The Morgan fingerprint density at radius 2 is 2.07 bits per heavy atom. The molecule has 6 nitrogen and oxygen atoms in total. The molecule has 2 aromatic rings. The molecule has 0 bridgehead atoms. The van der Waals surface area contributed by atoms with Crippen molar-refractivity contribution in [2.45, 2.75) is 11.7 Å². The summed E-state index contributed by atoms with van der Waals surface area (Å²) < 4.78 is 18.4. The Kier molecular flexibility index (Phi) is 5.75. The lowest BCUT2D eigenvalue weighted by Gasteiger charge is -2.10. The number of thioether (sulfide) groups is 1. The fourth-order valence-corrected chi connectivity index (χ4v) is 3.69. The second-order valence-corrected chi connectivity index (χ2v) is 7.03. The standard InChI is InChI=1S/C19H18FN3O3S/c1-23-18(25)16(27-19(23)22-13-6-3-5-12(20)9-13)11-17(24)21-14-7-4-8-15(10-14)26-2/h3-10,16H,11H2,1-2H3,(H,21,24). The highest BCUT2D eigenvalue weighted by Crippen LogP contribution is 2.31. The molecule has 0 aromatic heterocycles. The molecule has 1 aliphatic heterocycles. The molecular weight excluding hydrogens is 369 g/mol. The fraction of sp³-hybridized carbons (Fsp3) is 0.211. The normalized spacial score (nSPS) is 18.0. The number of carbonyl (C=O) groups excluding carboxylic acids is 2. The lowest BCUT2D eigenvalue weighted by Crippen LogP contribution is -2.30. The number of benzene rings is 2. The van der Waals surface area contributed by atoms with Crippen molar-refractivity contribution >= 4 is 40.1 Å². The SMILES string of the molecule is COc1cccc(NC(=O)CC2SC(=Nc3cccc(F)c3)N(C)C2=O)c1. The zero-order valence-corrected chi connectivity index (χ0v) is 15.6. The number of rotatable bonds is 5. The van der Waals surface area contributed by atoms with Crippen LogP contribution < -0.4 is 10.1 Å². The molecule has 1 aliphatic rings. The van der Waals surface area contributed by atoms with Crippen molar-refractivity contribution in [1.29, 1.82) is 0 Å². The van der Waals surface area contributed by atoms with Crippen LogP contribution in [-0.4, -0.2) is 41.3 Å². The molecule has 8 heteroatoms. The maximum atomic E-state index is 13.3. The van der Waals surface area contributed by atoms with Gasteiger partial charge in [0, 0.05) is 25.2 Å². The number of halogens is 1. The van der Waals surface area contributed by atoms with Crippen LogP contribution in [0, 0.1) is 5.82 Å². The minimum Gasteiger partial charge on any atom is -0.497 e. The van der Waals surface area contributed by atoms with Gasteiger partial charge in [-0.25, -0.2) is 9.38 Å². The van der Waals surface area contributed by atoms with Gasteiger partial charge in [-0.1, -0.05) is 23.9 Å². The summed E-state index contributed by atoms with van der Waals surface area (Å²) in [5.74, 6) is -0.267. The largest absolute Gasteiger partial charge is 0.497 e. The fourth-order valence-electron chi connectivity index (χ4n) is 2.53. The predicted molar refractivity (Wildman–Crippen MR) is 104 cm³/mol. The Morgan fingerprint density at radius 3 is 2.81 bits per heavy atom. The van der Waals surface area contributed by atoms with Crippen LogP contribution in [-0.2, 0) is 9.59 Å². The maximum Gasteiger partial charge on any atom is 0.242 e. The molecule has 0 aliphatic carbocycles. The molecule has 0 saturated carbocycles. The number of hydrogen-bond donors (Lipinski definition) is 1. The van der Waals surface area contributed by atoms with Gasteiger partial charge in [0.2, 0.25) is 11.8 Å². The van der Waals surface area contributed by atoms with Crippen molar-refractivity contribution in [3.63, 3.8) is 0 Å². The van der Waals surface area contributed by atoms with Gasteiger partial charge in [0.25, 0.3) is 0 Å². The summed E-state index contributed by atoms with van der Waals surface area (Å²) in [6.45, 7) is 0. The van der Waals surface area contributed by atoms with Crippen LogP contribution >= 0.6 is 11.8 Å². The number of carbonyl (C=O) groups is 2. The van der Waals surface area contributed by atoms with E-state index in [0.29, 0.717) is 22.3 Å². The van der Waals surface area contributed by atoms with E-state index in [2.05, 4.69) is 10.3 Å². The molecule has 1 fully saturated rings. The van der Waals surface area contributed by atoms with Gasteiger partial charge in [-0.2, -0.15) is 0 Å². The van der Waals surface area contributed by atoms with Gasteiger partial charge in [-0.3, -0.25) is 14.5 Å². The highest BCUT2D eigenvalue weighted by Gasteiger charge is 2.37. The lowest BCUT2D eigenvalue weighted by molar-refractivity contribution is -0.127. The topological polar surface area (TPSA) is 71.0 Å². The van der Waals surface area contributed by atoms with E-state index in [4.69, 9.17) is 4.74 Å². The number of nitrogens with zero attached hydrogens (tertiary/aromatic N) is 2. The molecule has 27 heavy (non-hydrogen) atoms. The van der Waals surface area contributed by atoms with Crippen molar-refractivity contribution in [1.82, 2.24) is 4.90 Å².